The molecule has 2 aliphatic rings. The summed E-state index contributed by atoms with van der Waals surface area (Å²) in [6, 6.07) is 17.2. The van der Waals surface area contributed by atoms with Crippen molar-refractivity contribution in [2.75, 3.05) is 0 Å². The summed E-state index contributed by atoms with van der Waals surface area (Å²) in [6.07, 6.45) is 11.2. The van der Waals surface area contributed by atoms with Crippen LogP contribution in [0, 0.1) is 0 Å². The highest BCUT2D eigenvalue weighted by atomic mass is 14.8. The molecule has 0 saturated heterocycles. The summed E-state index contributed by atoms with van der Waals surface area (Å²) in [7, 11) is 0. The van der Waals surface area contributed by atoms with Crippen molar-refractivity contribution in [2.24, 2.45) is 0 Å². The van der Waals surface area contributed by atoms with Crippen LogP contribution in [-0.4, -0.2) is 9.97 Å². The third-order valence-corrected chi connectivity index (χ3v) is 6.22. The molecule has 0 atom stereocenters. The fourth-order valence-corrected chi connectivity index (χ4v) is 4.98. The third-order valence-electron chi connectivity index (χ3n) is 6.22. The first-order chi connectivity index (χ1) is 13.9. The number of hydrogen-bond donors (Lipinski definition) is 0. The lowest BCUT2D eigenvalue weighted by Crippen LogP contribution is -2.02. The Morgan fingerprint density at radius 1 is 0.571 bits per heavy atom. The van der Waals surface area contributed by atoms with E-state index in [0.29, 0.717) is 0 Å². The highest BCUT2D eigenvalue weighted by Gasteiger charge is 2.20. The predicted octanol–water partition coefficient (Wildman–Crippen LogP) is 6.23. The minimum Gasteiger partial charge on any atom is -0.244 e. The maximum atomic E-state index is 4.91. The van der Waals surface area contributed by atoms with Gasteiger partial charge in [0.05, 0.1) is 22.1 Å². The zero-order chi connectivity index (χ0) is 18.2. The Balaban J connectivity index is 1.75. The number of hydrogen-bond acceptors (Lipinski definition) is 2. The maximum absolute atomic E-state index is 4.91. The van der Waals surface area contributed by atoms with Crippen molar-refractivity contribution in [1.29, 1.82) is 0 Å². The van der Waals surface area contributed by atoms with Crippen molar-refractivity contribution in [3.8, 4) is 0 Å². The van der Waals surface area contributed by atoms with Crippen LogP contribution in [-0.2, 0) is 12.8 Å². The van der Waals surface area contributed by atoms with Crippen molar-refractivity contribution in [3.05, 3.63) is 82.9 Å². The summed E-state index contributed by atoms with van der Waals surface area (Å²) in [5.74, 6) is 0. The highest BCUT2D eigenvalue weighted by Crippen LogP contribution is 2.42. The van der Waals surface area contributed by atoms with Gasteiger partial charge in [0.25, 0.3) is 0 Å². The van der Waals surface area contributed by atoms with E-state index in [1.807, 2.05) is 24.3 Å². The van der Waals surface area contributed by atoms with Crippen LogP contribution >= 0.6 is 0 Å². The number of nitrogens with zero attached hydrogens (tertiary/aromatic N) is 2. The molecule has 2 aliphatic carbocycles. The van der Waals surface area contributed by atoms with Crippen molar-refractivity contribution >= 4 is 55.8 Å². The fraction of sp³-hybridized carbons (Fsp3) is 0.0769. The molecule has 0 amide bonds. The molecule has 0 N–H and O–H groups in total. The van der Waals surface area contributed by atoms with Crippen LogP contribution in [0.1, 0.15) is 22.3 Å². The molecule has 1 heterocycles. The monoisotopic (exact) mass is 356 g/mol. The molecular formula is C26H16N2. The summed E-state index contributed by atoms with van der Waals surface area (Å²) in [6.45, 7) is 0. The van der Waals surface area contributed by atoms with Gasteiger partial charge in [-0.15, -0.1) is 0 Å². The number of allylic oxidation sites excluding steroid dienone is 2. The lowest BCUT2D eigenvalue weighted by molar-refractivity contribution is 1.25. The molecule has 130 valence electrons. The molecular weight excluding hydrogens is 340 g/mol. The van der Waals surface area contributed by atoms with E-state index in [0.717, 1.165) is 34.9 Å². The molecule has 0 saturated carbocycles. The minimum absolute atomic E-state index is 0.948. The van der Waals surface area contributed by atoms with Crippen molar-refractivity contribution in [2.45, 2.75) is 12.8 Å². The Bertz CT molecular complexity index is 1440. The van der Waals surface area contributed by atoms with E-state index in [2.05, 4.69) is 48.6 Å². The number of aromatic nitrogens is 2. The van der Waals surface area contributed by atoms with Crippen LogP contribution in [0.15, 0.2) is 60.7 Å². The van der Waals surface area contributed by atoms with E-state index in [-0.39, 0.29) is 0 Å². The normalized spacial score (nSPS) is 14.6. The quantitative estimate of drug-likeness (QED) is 0.307. The van der Waals surface area contributed by atoms with E-state index >= 15 is 0 Å². The van der Waals surface area contributed by atoms with Crippen molar-refractivity contribution in [1.82, 2.24) is 9.97 Å². The van der Waals surface area contributed by atoms with Crippen LogP contribution in [0.2, 0.25) is 0 Å². The molecule has 0 unspecified atom stereocenters. The summed E-state index contributed by atoms with van der Waals surface area (Å²) < 4.78 is 0. The van der Waals surface area contributed by atoms with Gasteiger partial charge in [-0.25, -0.2) is 9.97 Å². The summed E-state index contributed by atoms with van der Waals surface area (Å²) in [5.41, 5.74) is 9.36. The van der Waals surface area contributed by atoms with E-state index in [1.54, 1.807) is 0 Å². The maximum Gasteiger partial charge on any atom is 0.0901 e. The second-order valence-electron chi connectivity index (χ2n) is 7.77. The molecule has 28 heavy (non-hydrogen) atoms. The first-order valence-electron chi connectivity index (χ1n) is 9.80. The van der Waals surface area contributed by atoms with Gasteiger partial charge in [-0.3, -0.25) is 0 Å². The molecule has 2 heteroatoms. The third kappa shape index (κ3) is 1.77. The number of fused-ring (bicyclic) bond motifs is 5. The van der Waals surface area contributed by atoms with Crippen LogP contribution in [0.25, 0.3) is 55.8 Å². The number of para-hydroxylation sites is 2. The molecule has 4 aromatic carbocycles. The van der Waals surface area contributed by atoms with Crippen molar-refractivity contribution in [3.63, 3.8) is 0 Å². The summed E-state index contributed by atoms with van der Waals surface area (Å²) >= 11 is 0. The van der Waals surface area contributed by atoms with Gasteiger partial charge in [-0.2, -0.15) is 0 Å². The van der Waals surface area contributed by atoms with Crippen molar-refractivity contribution < 1.29 is 0 Å². The Morgan fingerprint density at radius 3 is 1.57 bits per heavy atom. The largest absolute Gasteiger partial charge is 0.244 e. The molecule has 0 bridgehead atoms. The SMILES string of the molecule is C1=Cc2c3cc4nc5ccccc5nc4cc3c3c4c(ccc(c24)C1)CC=C3. The molecule has 0 fully saturated rings. The van der Waals surface area contributed by atoms with E-state index in [4.69, 9.17) is 9.97 Å². The molecule has 0 spiro atoms. The summed E-state index contributed by atoms with van der Waals surface area (Å²) in [5, 5.41) is 5.42. The molecule has 1 aromatic heterocycles. The smallest absolute Gasteiger partial charge is 0.0901 e. The van der Waals surface area contributed by atoms with E-state index in [1.165, 1.54) is 43.8 Å². The molecule has 5 aromatic rings. The Kier molecular flexibility index (Phi) is 2.62. The number of benzene rings is 4. The first kappa shape index (κ1) is 14.5. The van der Waals surface area contributed by atoms with Gasteiger partial charge < -0.3 is 0 Å². The predicted molar refractivity (Wildman–Crippen MR) is 118 cm³/mol. The van der Waals surface area contributed by atoms with Gasteiger partial charge in [0, 0.05) is 0 Å². The molecule has 7 rings (SSSR count). The van der Waals surface area contributed by atoms with Crippen LogP contribution in [0.4, 0.5) is 0 Å². The molecule has 2 nitrogen and oxygen atoms in total. The summed E-state index contributed by atoms with van der Waals surface area (Å²) in [4.78, 5) is 9.81. The van der Waals surface area contributed by atoms with Gasteiger partial charge in [0.2, 0.25) is 0 Å². The minimum atomic E-state index is 0.948. The van der Waals surface area contributed by atoms with Gasteiger partial charge in [-0.05, 0) is 80.9 Å². The Hall–Kier alpha value is -3.52. The molecule has 0 radical (unpaired) electrons. The second-order valence-corrected chi connectivity index (χ2v) is 7.77. The van der Waals surface area contributed by atoms with Crippen LogP contribution in [0.3, 0.4) is 0 Å². The second kappa shape index (κ2) is 5.05. The fourth-order valence-electron chi connectivity index (χ4n) is 4.98. The van der Waals surface area contributed by atoms with Gasteiger partial charge in [0.1, 0.15) is 0 Å². The van der Waals surface area contributed by atoms with E-state index < -0.39 is 0 Å². The zero-order valence-electron chi connectivity index (χ0n) is 15.2. The standard InChI is InChI=1S/C26H16N2/c1-2-10-22-21(9-1)27-23-13-19-17-7-3-5-15-11-12-16-6-4-8-18(26(16)25(15)17)20(19)14-24(23)28-22/h1-4,7-14H,5-6H2. The zero-order valence-corrected chi connectivity index (χ0v) is 15.2. The lowest BCUT2D eigenvalue weighted by Gasteiger charge is -2.23. The topological polar surface area (TPSA) is 25.8 Å². The number of rotatable bonds is 0. The van der Waals surface area contributed by atoms with Crippen LogP contribution in [0.5, 0.6) is 0 Å². The average Bonchev–Trinajstić information content (AvgIpc) is 2.75. The highest BCUT2D eigenvalue weighted by molar-refractivity contribution is 6.18. The van der Waals surface area contributed by atoms with Crippen LogP contribution < -0.4 is 0 Å². The van der Waals surface area contributed by atoms with Gasteiger partial charge in [0.15, 0.2) is 0 Å². The average molecular weight is 356 g/mol. The van der Waals surface area contributed by atoms with Gasteiger partial charge in [-0.1, -0.05) is 48.6 Å². The first-order valence-corrected chi connectivity index (χ1v) is 9.80. The Labute approximate surface area is 161 Å². The van der Waals surface area contributed by atoms with Gasteiger partial charge >= 0.3 is 0 Å². The molecule has 0 aliphatic heterocycles. The lowest BCUT2D eigenvalue weighted by atomic mass is 9.81. The Morgan fingerprint density at radius 2 is 1.07 bits per heavy atom. The van der Waals surface area contributed by atoms with E-state index in [9.17, 15) is 0 Å².